The number of phenols is 1. The second-order valence-electron chi connectivity index (χ2n) is 3.22. The van der Waals surface area contributed by atoms with Gasteiger partial charge in [0.2, 0.25) is 0 Å². The van der Waals surface area contributed by atoms with Crippen molar-refractivity contribution in [1.82, 2.24) is 0 Å². The fourth-order valence-electron chi connectivity index (χ4n) is 1.18. The Labute approximate surface area is 122 Å². The molecule has 0 heterocycles. The van der Waals surface area contributed by atoms with Crippen LogP contribution in [-0.2, 0) is 9.53 Å². The number of benzene rings is 1. The highest BCUT2D eigenvalue weighted by Crippen LogP contribution is 2.35. The summed E-state index contributed by atoms with van der Waals surface area (Å²) in [5, 5.41) is 9.51. The lowest BCUT2D eigenvalue weighted by Gasteiger charge is -2.12. The van der Waals surface area contributed by atoms with Crippen molar-refractivity contribution >= 4 is 50.2 Å². The van der Waals surface area contributed by atoms with Gasteiger partial charge in [0.25, 0.3) is 0 Å². The zero-order chi connectivity index (χ0) is 12.3. The molecule has 0 aliphatic carbocycles. The quantitative estimate of drug-likeness (QED) is 0.780. The van der Waals surface area contributed by atoms with Gasteiger partial charge in [-0.05, 0) is 49.6 Å². The van der Waals surface area contributed by atoms with E-state index >= 15 is 0 Å². The number of esters is 1. The maximum atomic E-state index is 11.1. The highest BCUT2D eigenvalue weighted by molar-refractivity contribution is 9.11. The van der Waals surface area contributed by atoms with Gasteiger partial charge in [0, 0.05) is 6.04 Å². The number of halogens is 3. The molecule has 0 unspecified atom stereocenters. The highest BCUT2D eigenvalue weighted by atomic mass is 79.9. The fourth-order valence-corrected chi connectivity index (χ4v) is 2.40. The van der Waals surface area contributed by atoms with Gasteiger partial charge < -0.3 is 15.6 Å². The predicted octanol–water partition coefficient (Wildman–Crippen LogP) is 2.90. The molecule has 1 rings (SSSR count). The van der Waals surface area contributed by atoms with Crippen LogP contribution in [0.15, 0.2) is 21.1 Å². The van der Waals surface area contributed by atoms with Crippen molar-refractivity contribution in [2.24, 2.45) is 5.73 Å². The lowest BCUT2D eigenvalue weighted by atomic mass is 10.0. The maximum Gasteiger partial charge on any atom is 0.307 e. The van der Waals surface area contributed by atoms with Gasteiger partial charge in [-0.1, -0.05) is 0 Å². The third-order valence-electron chi connectivity index (χ3n) is 2.08. The summed E-state index contributed by atoms with van der Waals surface area (Å²) in [6.45, 7) is 0. The van der Waals surface area contributed by atoms with Crippen molar-refractivity contribution in [1.29, 1.82) is 0 Å². The van der Waals surface area contributed by atoms with Gasteiger partial charge in [-0.3, -0.25) is 4.79 Å². The van der Waals surface area contributed by atoms with Crippen LogP contribution in [0.3, 0.4) is 0 Å². The third-order valence-corrected chi connectivity index (χ3v) is 3.29. The summed E-state index contributed by atoms with van der Waals surface area (Å²) in [7, 11) is 1.32. The molecule has 1 aromatic rings. The van der Waals surface area contributed by atoms with Gasteiger partial charge in [0.1, 0.15) is 5.75 Å². The van der Waals surface area contributed by atoms with Crippen molar-refractivity contribution in [3.8, 4) is 5.75 Å². The molecule has 4 nitrogen and oxygen atoms in total. The van der Waals surface area contributed by atoms with E-state index in [-0.39, 0.29) is 30.5 Å². The molecular weight excluding hydrogens is 377 g/mol. The van der Waals surface area contributed by atoms with E-state index in [0.717, 1.165) is 5.56 Å². The average molecular weight is 389 g/mol. The first-order chi connectivity index (χ1) is 7.45. The number of rotatable bonds is 3. The minimum absolute atomic E-state index is 0. The molecule has 0 saturated carbocycles. The Morgan fingerprint density at radius 1 is 1.47 bits per heavy atom. The third kappa shape index (κ3) is 4.46. The van der Waals surface area contributed by atoms with Crippen molar-refractivity contribution in [2.75, 3.05) is 7.11 Å². The Kier molecular flexibility index (Phi) is 7.08. The Bertz CT molecular complexity index is 392. The van der Waals surface area contributed by atoms with E-state index in [1.165, 1.54) is 7.11 Å². The van der Waals surface area contributed by atoms with Crippen molar-refractivity contribution in [2.45, 2.75) is 12.5 Å². The molecular formula is C10H12Br2ClNO3. The molecule has 0 saturated heterocycles. The first kappa shape index (κ1) is 16.7. The van der Waals surface area contributed by atoms with Crippen molar-refractivity contribution in [3.05, 3.63) is 26.6 Å². The zero-order valence-corrected chi connectivity index (χ0v) is 12.9. The molecule has 1 aromatic carbocycles. The van der Waals surface area contributed by atoms with Gasteiger partial charge >= 0.3 is 5.97 Å². The van der Waals surface area contributed by atoms with Crippen LogP contribution >= 0.6 is 44.3 Å². The number of hydrogen-bond donors (Lipinski definition) is 2. The van der Waals surface area contributed by atoms with E-state index in [4.69, 9.17) is 5.73 Å². The monoisotopic (exact) mass is 387 g/mol. The number of methoxy groups -OCH3 is 1. The molecule has 17 heavy (non-hydrogen) atoms. The van der Waals surface area contributed by atoms with E-state index in [1.807, 2.05) is 0 Å². The second kappa shape index (κ2) is 7.20. The summed E-state index contributed by atoms with van der Waals surface area (Å²) in [6.07, 6.45) is 0.0974. The molecule has 0 fully saturated rings. The minimum atomic E-state index is -0.458. The summed E-state index contributed by atoms with van der Waals surface area (Å²) in [6, 6.07) is 2.89. The van der Waals surface area contributed by atoms with Crippen molar-refractivity contribution in [3.63, 3.8) is 0 Å². The predicted molar refractivity (Wildman–Crippen MR) is 74.3 cm³/mol. The van der Waals surface area contributed by atoms with Crippen LogP contribution in [0.2, 0.25) is 0 Å². The topological polar surface area (TPSA) is 72.5 Å². The number of nitrogens with two attached hydrogens (primary N) is 1. The Morgan fingerprint density at radius 2 is 1.94 bits per heavy atom. The minimum Gasteiger partial charge on any atom is -0.506 e. The molecule has 0 bridgehead atoms. The standard InChI is InChI=1S/C10H11Br2NO3.ClH/c1-16-9(14)4-8(13)5-2-6(11)10(15)7(12)3-5;/h2-3,8,15H,4,13H2,1H3;1H/t8-;/m0./s1. The van der Waals surface area contributed by atoms with E-state index in [2.05, 4.69) is 36.6 Å². The summed E-state index contributed by atoms with van der Waals surface area (Å²) in [5.41, 5.74) is 6.57. The van der Waals surface area contributed by atoms with E-state index in [9.17, 15) is 9.90 Å². The van der Waals surface area contributed by atoms with Crippen molar-refractivity contribution < 1.29 is 14.6 Å². The number of carbonyl (C=O) groups excluding carboxylic acids is 1. The maximum absolute atomic E-state index is 11.1. The first-order valence-electron chi connectivity index (χ1n) is 4.46. The molecule has 3 N–H and O–H groups in total. The van der Waals surface area contributed by atoms with Crippen LogP contribution in [0.1, 0.15) is 18.0 Å². The fraction of sp³-hybridized carbons (Fsp3) is 0.300. The molecule has 1 atom stereocenters. The number of aromatic hydroxyl groups is 1. The lowest BCUT2D eigenvalue weighted by Crippen LogP contribution is -2.16. The Balaban J connectivity index is 0.00000256. The lowest BCUT2D eigenvalue weighted by molar-refractivity contribution is -0.141. The smallest absolute Gasteiger partial charge is 0.307 e. The summed E-state index contributed by atoms with van der Waals surface area (Å²) in [4.78, 5) is 11.1. The van der Waals surface area contributed by atoms with E-state index in [1.54, 1.807) is 12.1 Å². The van der Waals surface area contributed by atoms with E-state index < -0.39 is 6.04 Å². The van der Waals surface area contributed by atoms with E-state index in [0.29, 0.717) is 8.95 Å². The van der Waals surface area contributed by atoms with Gasteiger partial charge in [-0.2, -0.15) is 0 Å². The first-order valence-corrected chi connectivity index (χ1v) is 6.04. The molecule has 0 spiro atoms. The number of phenolic OH excluding ortho intramolecular Hbond substituents is 1. The van der Waals surface area contributed by atoms with Gasteiger partial charge in [-0.25, -0.2) is 0 Å². The molecule has 0 aliphatic heterocycles. The SMILES string of the molecule is COC(=O)C[C@H](N)c1cc(Br)c(O)c(Br)c1.Cl. The van der Waals surface area contributed by atoms with Gasteiger partial charge in [-0.15, -0.1) is 12.4 Å². The van der Waals surface area contributed by atoms with Crippen LogP contribution < -0.4 is 5.73 Å². The Morgan fingerprint density at radius 3 is 2.35 bits per heavy atom. The van der Waals surface area contributed by atoms with Crippen LogP contribution in [-0.4, -0.2) is 18.2 Å². The molecule has 0 aliphatic rings. The number of carbonyl (C=O) groups is 1. The van der Waals surface area contributed by atoms with Crippen LogP contribution in [0, 0.1) is 0 Å². The largest absolute Gasteiger partial charge is 0.506 e. The zero-order valence-electron chi connectivity index (χ0n) is 8.94. The van der Waals surface area contributed by atoms with Crippen LogP contribution in [0.25, 0.3) is 0 Å². The van der Waals surface area contributed by atoms with Gasteiger partial charge in [0.05, 0.1) is 22.5 Å². The highest BCUT2D eigenvalue weighted by Gasteiger charge is 2.15. The molecule has 96 valence electrons. The summed E-state index contributed by atoms with van der Waals surface area (Å²) in [5.74, 6) is -0.262. The number of ether oxygens (including phenoxy) is 1. The summed E-state index contributed by atoms with van der Waals surface area (Å²) < 4.78 is 5.59. The Hall–Kier alpha value is -0.300. The summed E-state index contributed by atoms with van der Waals surface area (Å²) >= 11 is 6.39. The van der Waals surface area contributed by atoms with Gasteiger partial charge in [0.15, 0.2) is 0 Å². The average Bonchev–Trinajstić information content (AvgIpc) is 2.24. The second-order valence-corrected chi connectivity index (χ2v) is 4.93. The molecule has 0 radical (unpaired) electrons. The van der Waals surface area contributed by atoms with Crippen LogP contribution in [0.5, 0.6) is 5.75 Å². The number of hydrogen-bond acceptors (Lipinski definition) is 4. The molecule has 0 aromatic heterocycles. The molecule has 0 amide bonds. The van der Waals surface area contributed by atoms with Crippen LogP contribution in [0.4, 0.5) is 0 Å². The molecule has 7 heteroatoms. The normalized spacial score (nSPS) is 11.5.